The molecule has 0 unspecified atom stereocenters. The molecule has 8 heteroatoms. The minimum atomic E-state index is -0.634. The first kappa shape index (κ1) is 21.5. The molecular formula is C26H26ClN5O2. The quantitative estimate of drug-likeness (QED) is 0.410. The summed E-state index contributed by atoms with van der Waals surface area (Å²) in [5, 5.41) is 2.52. The fourth-order valence-electron chi connectivity index (χ4n) is 5.18. The highest BCUT2D eigenvalue weighted by Gasteiger charge is 2.50. The predicted octanol–water partition coefficient (Wildman–Crippen LogP) is 5.16. The molecule has 0 radical (unpaired) electrons. The number of ether oxygens (including phenoxy) is 2. The number of hydrogen-bond acceptors (Lipinski definition) is 6. The van der Waals surface area contributed by atoms with Crippen LogP contribution in [0.25, 0.3) is 21.9 Å². The zero-order valence-electron chi connectivity index (χ0n) is 19.3. The third kappa shape index (κ3) is 3.55. The number of halogens is 1. The fraction of sp³-hybridized carbons (Fsp3) is 0.346. The number of benzene rings is 1. The number of aromatic nitrogens is 4. The number of rotatable bonds is 4. The molecule has 1 saturated heterocycles. The fourth-order valence-corrected chi connectivity index (χ4v) is 5.34. The van der Waals surface area contributed by atoms with Gasteiger partial charge >= 0.3 is 0 Å². The van der Waals surface area contributed by atoms with E-state index in [0.717, 1.165) is 40.5 Å². The monoisotopic (exact) mass is 475 g/mol. The van der Waals surface area contributed by atoms with Crippen molar-refractivity contribution >= 4 is 39.4 Å². The minimum absolute atomic E-state index is 0.00813. The number of anilines is 1. The first-order chi connectivity index (χ1) is 16.3. The normalized spacial score (nSPS) is 23.5. The van der Waals surface area contributed by atoms with E-state index in [1.165, 1.54) is 11.1 Å². The third-order valence-electron chi connectivity index (χ3n) is 6.81. The molecule has 0 bridgehead atoms. The summed E-state index contributed by atoms with van der Waals surface area (Å²) in [4.78, 5) is 13.3. The maximum absolute atomic E-state index is 6.38. The maximum atomic E-state index is 6.38. The van der Waals surface area contributed by atoms with E-state index in [2.05, 4.69) is 50.0 Å². The van der Waals surface area contributed by atoms with Crippen LogP contribution in [0.2, 0.25) is 5.02 Å². The Morgan fingerprint density at radius 1 is 1.12 bits per heavy atom. The summed E-state index contributed by atoms with van der Waals surface area (Å²) < 4.78 is 14.9. The van der Waals surface area contributed by atoms with Gasteiger partial charge in [-0.15, -0.1) is 0 Å². The molecular weight excluding hydrogens is 450 g/mol. The maximum Gasteiger partial charge on any atom is 0.164 e. The molecule has 2 aliphatic rings. The van der Waals surface area contributed by atoms with Gasteiger partial charge in [0.05, 0.1) is 22.3 Å². The SMILES string of the molecule is Cc1ncnc2c1ccn2[C@@H]1C=C(CCc2ccc3cc(Cl)c(N)nc3c2)[C@H]2OC(C)(C)O[C@H]21. The summed E-state index contributed by atoms with van der Waals surface area (Å²) in [6.07, 6.45) is 7.52. The Labute approximate surface area is 202 Å². The van der Waals surface area contributed by atoms with E-state index in [-0.39, 0.29) is 18.2 Å². The van der Waals surface area contributed by atoms with E-state index in [0.29, 0.717) is 10.8 Å². The minimum Gasteiger partial charge on any atom is -0.382 e. The number of nitrogens with zero attached hydrogens (tertiary/aromatic N) is 4. The molecule has 7 nitrogen and oxygen atoms in total. The lowest BCUT2D eigenvalue weighted by atomic mass is 10.0. The van der Waals surface area contributed by atoms with E-state index >= 15 is 0 Å². The van der Waals surface area contributed by atoms with Crippen LogP contribution in [0.1, 0.15) is 37.6 Å². The molecule has 3 aromatic heterocycles. The molecule has 0 spiro atoms. The van der Waals surface area contributed by atoms with Gasteiger partial charge in [0.15, 0.2) is 5.79 Å². The van der Waals surface area contributed by atoms with Crippen LogP contribution < -0.4 is 5.73 Å². The molecule has 1 aromatic carbocycles. The van der Waals surface area contributed by atoms with Crippen molar-refractivity contribution in [3.63, 3.8) is 0 Å². The van der Waals surface area contributed by atoms with Gasteiger partial charge in [0.1, 0.15) is 30.0 Å². The van der Waals surface area contributed by atoms with Gasteiger partial charge in [-0.05, 0) is 62.9 Å². The highest BCUT2D eigenvalue weighted by molar-refractivity contribution is 6.33. The van der Waals surface area contributed by atoms with E-state index in [4.69, 9.17) is 26.8 Å². The van der Waals surface area contributed by atoms with Crippen LogP contribution in [-0.2, 0) is 15.9 Å². The molecule has 1 aliphatic carbocycles. The Morgan fingerprint density at radius 3 is 2.82 bits per heavy atom. The standard InChI is InChI=1S/C26H26ClN5O2/c1-14-18-8-9-32(25(18)30-13-29-14)21-12-17(22-23(21)34-26(2,3)33-22)7-5-15-4-6-16-11-19(27)24(28)31-20(16)10-15/h4,6,8-13,21-23H,5,7H2,1-3H3,(H2,28,31)/t21-,22-,23+/m1/s1. The second kappa shape index (κ2) is 7.77. The Balaban J connectivity index is 1.31. The predicted molar refractivity (Wildman–Crippen MR) is 133 cm³/mol. The second-order valence-corrected chi connectivity index (χ2v) is 9.96. The van der Waals surface area contributed by atoms with E-state index < -0.39 is 5.79 Å². The van der Waals surface area contributed by atoms with Crippen LogP contribution >= 0.6 is 11.6 Å². The van der Waals surface area contributed by atoms with Gasteiger partial charge in [0.2, 0.25) is 0 Å². The molecule has 174 valence electrons. The molecule has 4 aromatic rings. The molecule has 2 N–H and O–H groups in total. The van der Waals surface area contributed by atoms with Gasteiger partial charge in [-0.2, -0.15) is 0 Å². The zero-order chi connectivity index (χ0) is 23.6. The molecule has 1 fully saturated rings. The van der Waals surface area contributed by atoms with Crippen LogP contribution in [0.5, 0.6) is 0 Å². The number of fused-ring (bicyclic) bond motifs is 3. The molecule has 34 heavy (non-hydrogen) atoms. The van der Waals surface area contributed by atoms with Crippen LogP contribution in [-0.4, -0.2) is 37.5 Å². The highest BCUT2D eigenvalue weighted by Crippen LogP contribution is 2.45. The van der Waals surface area contributed by atoms with Crippen LogP contribution in [0.3, 0.4) is 0 Å². The number of nitrogens with two attached hydrogens (primary N) is 1. The topological polar surface area (TPSA) is 88.1 Å². The van der Waals surface area contributed by atoms with Crippen LogP contribution in [0.4, 0.5) is 5.82 Å². The summed E-state index contributed by atoms with van der Waals surface area (Å²) in [7, 11) is 0. The van der Waals surface area contributed by atoms with E-state index in [1.54, 1.807) is 6.33 Å². The first-order valence-corrected chi connectivity index (χ1v) is 11.9. The zero-order valence-corrected chi connectivity index (χ0v) is 20.1. The Hall–Kier alpha value is -3.00. The van der Waals surface area contributed by atoms with Crippen molar-refractivity contribution < 1.29 is 9.47 Å². The van der Waals surface area contributed by atoms with Gasteiger partial charge in [-0.25, -0.2) is 15.0 Å². The van der Waals surface area contributed by atoms with Crippen molar-refractivity contribution in [3.8, 4) is 0 Å². The molecule has 6 rings (SSSR count). The molecule has 0 amide bonds. The number of hydrogen-bond donors (Lipinski definition) is 1. The van der Waals surface area contributed by atoms with Gasteiger partial charge < -0.3 is 19.8 Å². The van der Waals surface area contributed by atoms with Crippen molar-refractivity contribution in [2.75, 3.05) is 5.73 Å². The highest BCUT2D eigenvalue weighted by atomic mass is 35.5. The Kier molecular flexibility index (Phi) is 4.92. The lowest BCUT2D eigenvalue weighted by Gasteiger charge is -2.22. The lowest BCUT2D eigenvalue weighted by molar-refractivity contribution is -0.147. The smallest absolute Gasteiger partial charge is 0.164 e. The summed E-state index contributed by atoms with van der Waals surface area (Å²) in [6, 6.07) is 10.2. The average molecular weight is 476 g/mol. The number of aryl methyl sites for hydroxylation is 2. The molecule has 3 atom stereocenters. The van der Waals surface area contributed by atoms with Gasteiger partial charge in [0.25, 0.3) is 0 Å². The van der Waals surface area contributed by atoms with Crippen molar-refractivity contribution in [1.29, 1.82) is 0 Å². The summed E-state index contributed by atoms with van der Waals surface area (Å²) >= 11 is 6.12. The van der Waals surface area contributed by atoms with Gasteiger partial charge in [0, 0.05) is 17.0 Å². The van der Waals surface area contributed by atoms with Crippen LogP contribution in [0, 0.1) is 6.92 Å². The van der Waals surface area contributed by atoms with Crippen molar-refractivity contribution in [2.24, 2.45) is 0 Å². The largest absolute Gasteiger partial charge is 0.382 e. The van der Waals surface area contributed by atoms with Crippen molar-refractivity contribution in [2.45, 2.75) is 57.6 Å². The summed E-state index contributed by atoms with van der Waals surface area (Å²) in [6.45, 7) is 5.96. The number of nitrogen functional groups attached to an aromatic ring is 1. The van der Waals surface area contributed by atoms with Gasteiger partial charge in [-0.3, -0.25) is 0 Å². The third-order valence-corrected chi connectivity index (χ3v) is 7.11. The van der Waals surface area contributed by atoms with Crippen molar-refractivity contribution in [1.82, 2.24) is 19.5 Å². The lowest BCUT2D eigenvalue weighted by Crippen LogP contribution is -2.27. The Bertz CT molecular complexity index is 1460. The van der Waals surface area contributed by atoms with Crippen LogP contribution in [0.15, 0.2) is 54.5 Å². The van der Waals surface area contributed by atoms with E-state index in [9.17, 15) is 0 Å². The van der Waals surface area contributed by atoms with Gasteiger partial charge in [-0.1, -0.05) is 29.8 Å². The second-order valence-electron chi connectivity index (χ2n) is 9.55. The van der Waals surface area contributed by atoms with Crippen molar-refractivity contribution in [3.05, 3.63) is 70.8 Å². The molecule has 4 heterocycles. The number of pyridine rings is 1. The Morgan fingerprint density at radius 2 is 1.97 bits per heavy atom. The average Bonchev–Trinajstić information content (AvgIpc) is 3.45. The summed E-state index contributed by atoms with van der Waals surface area (Å²) in [5.74, 6) is -0.280. The molecule has 1 aliphatic heterocycles. The molecule has 0 saturated carbocycles. The first-order valence-electron chi connectivity index (χ1n) is 11.5. The van der Waals surface area contributed by atoms with E-state index in [1.807, 2.05) is 32.9 Å². The summed E-state index contributed by atoms with van der Waals surface area (Å²) in [5.41, 5.74) is 11.1.